The molecule has 0 spiro atoms. The van der Waals surface area contributed by atoms with E-state index in [9.17, 15) is 4.79 Å². The number of esters is 1. The fraction of sp³-hybridized carbons (Fsp3) is 0.533. The molecule has 2 atom stereocenters. The topological polar surface area (TPSA) is 61.5 Å². The van der Waals surface area contributed by atoms with Crippen LogP contribution in [0, 0.1) is 5.92 Å². The summed E-state index contributed by atoms with van der Waals surface area (Å²) in [5, 5.41) is 0. The van der Waals surface area contributed by atoms with Crippen LogP contribution in [0.15, 0.2) is 18.2 Å². The molecule has 4 heteroatoms. The maximum absolute atomic E-state index is 12.2. The Kier molecular flexibility index (Phi) is 4.30. The van der Waals surface area contributed by atoms with Gasteiger partial charge in [0.1, 0.15) is 17.4 Å². The van der Waals surface area contributed by atoms with Crippen molar-refractivity contribution >= 4 is 11.7 Å². The molecule has 1 aliphatic carbocycles. The second-order valence-electron chi connectivity index (χ2n) is 5.17. The minimum Gasteiger partial charge on any atom is -0.496 e. The Balaban J connectivity index is 2.13. The van der Waals surface area contributed by atoms with Gasteiger partial charge in [0.25, 0.3) is 0 Å². The van der Waals surface area contributed by atoms with Crippen LogP contribution in [-0.2, 0) is 4.74 Å². The third-order valence-electron chi connectivity index (χ3n) is 3.73. The molecule has 0 amide bonds. The van der Waals surface area contributed by atoms with Crippen LogP contribution in [0.3, 0.4) is 0 Å². The maximum Gasteiger partial charge on any atom is 0.342 e. The van der Waals surface area contributed by atoms with E-state index < -0.39 is 0 Å². The van der Waals surface area contributed by atoms with E-state index in [4.69, 9.17) is 15.2 Å². The molecule has 1 aromatic rings. The third-order valence-corrected chi connectivity index (χ3v) is 3.73. The molecule has 0 heterocycles. The Morgan fingerprint density at radius 3 is 2.74 bits per heavy atom. The molecule has 19 heavy (non-hydrogen) atoms. The number of carbonyl (C=O) groups is 1. The van der Waals surface area contributed by atoms with E-state index in [1.807, 2.05) is 0 Å². The number of hydrogen-bond donors (Lipinski definition) is 1. The first-order chi connectivity index (χ1) is 9.11. The van der Waals surface area contributed by atoms with Gasteiger partial charge in [0.05, 0.1) is 7.11 Å². The summed E-state index contributed by atoms with van der Waals surface area (Å²) in [6, 6.07) is 5.00. The summed E-state index contributed by atoms with van der Waals surface area (Å²) in [4.78, 5) is 12.2. The molecule has 1 aliphatic rings. The lowest BCUT2D eigenvalue weighted by atomic mass is 9.88. The summed E-state index contributed by atoms with van der Waals surface area (Å²) in [5.41, 5.74) is 6.65. The molecule has 0 bridgehead atoms. The van der Waals surface area contributed by atoms with Crippen molar-refractivity contribution in [2.24, 2.45) is 5.92 Å². The molecule has 1 aromatic carbocycles. The molecule has 4 nitrogen and oxygen atoms in total. The van der Waals surface area contributed by atoms with Gasteiger partial charge in [-0.2, -0.15) is 0 Å². The van der Waals surface area contributed by atoms with E-state index in [1.165, 1.54) is 13.5 Å². The van der Waals surface area contributed by atoms with Crippen molar-refractivity contribution in [2.75, 3.05) is 12.8 Å². The highest BCUT2D eigenvalue weighted by atomic mass is 16.5. The SMILES string of the molecule is COc1ccc(N)cc1C(=O)OC1CCCCC1C. The fourth-order valence-corrected chi connectivity index (χ4v) is 2.54. The van der Waals surface area contributed by atoms with Crippen LogP contribution in [0.4, 0.5) is 5.69 Å². The molecule has 104 valence electrons. The van der Waals surface area contributed by atoms with Gasteiger partial charge in [-0.3, -0.25) is 0 Å². The Labute approximate surface area is 113 Å². The quantitative estimate of drug-likeness (QED) is 0.672. The molecule has 2 rings (SSSR count). The van der Waals surface area contributed by atoms with Crippen LogP contribution in [-0.4, -0.2) is 19.2 Å². The summed E-state index contributed by atoms with van der Waals surface area (Å²) in [7, 11) is 1.53. The average Bonchev–Trinajstić information content (AvgIpc) is 2.41. The zero-order valence-electron chi connectivity index (χ0n) is 11.5. The van der Waals surface area contributed by atoms with E-state index in [0.29, 0.717) is 22.9 Å². The molecule has 1 fully saturated rings. The van der Waals surface area contributed by atoms with E-state index in [2.05, 4.69) is 6.92 Å². The highest BCUT2D eigenvalue weighted by molar-refractivity contribution is 5.93. The molecule has 1 saturated carbocycles. The minimum atomic E-state index is -0.345. The summed E-state index contributed by atoms with van der Waals surface area (Å²) >= 11 is 0. The average molecular weight is 263 g/mol. The molecule has 0 aromatic heterocycles. The summed E-state index contributed by atoms with van der Waals surface area (Å²) in [6.45, 7) is 2.13. The van der Waals surface area contributed by atoms with Crippen LogP contribution >= 0.6 is 0 Å². The van der Waals surface area contributed by atoms with Gasteiger partial charge in [0, 0.05) is 5.69 Å². The Morgan fingerprint density at radius 2 is 2.05 bits per heavy atom. The Morgan fingerprint density at radius 1 is 1.32 bits per heavy atom. The largest absolute Gasteiger partial charge is 0.496 e. The lowest BCUT2D eigenvalue weighted by molar-refractivity contribution is 0.00454. The number of nitrogens with two attached hydrogens (primary N) is 1. The number of hydrogen-bond acceptors (Lipinski definition) is 4. The second kappa shape index (κ2) is 5.95. The third kappa shape index (κ3) is 3.19. The minimum absolute atomic E-state index is 0.00684. The monoisotopic (exact) mass is 263 g/mol. The number of carbonyl (C=O) groups excluding carboxylic acids is 1. The van der Waals surface area contributed by atoms with Gasteiger partial charge in [-0.05, 0) is 43.4 Å². The lowest BCUT2D eigenvalue weighted by Gasteiger charge is -2.28. The van der Waals surface area contributed by atoms with Gasteiger partial charge in [0.15, 0.2) is 0 Å². The van der Waals surface area contributed by atoms with Crippen molar-refractivity contribution in [1.29, 1.82) is 0 Å². The number of benzene rings is 1. The van der Waals surface area contributed by atoms with Crippen LogP contribution < -0.4 is 10.5 Å². The van der Waals surface area contributed by atoms with E-state index in [-0.39, 0.29) is 12.1 Å². The summed E-state index contributed by atoms with van der Waals surface area (Å²) < 4.78 is 10.8. The van der Waals surface area contributed by atoms with Crippen molar-refractivity contribution in [2.45, 2.75) is 38.7 Å². The Bertz CT molecular complexity index is 459. The van der Waals surface area contributed by atoms with Crippen molar-refractivity contribution in [1.82, 2.24) is 0 Å². The molecular formula is C15H21NO3. The standard InChI is InChI=1S/C15H21NO3/c1-10-5-3-4-6-13(10)19-15(17)12-9-11(16)7-8-14(12)18-2/h7-10,13H,3-6,16H2,1-2H3. The maximum atomic E-state index is 12.2. The fourth-order valence-electron chi connectivity index (χ4n) is 2.54. The smallest absolute Gasteiger partial charge is 0.342 e. The van der Waals surface area contributed by atoms with Gasteiger partial charge in [-0.15, -0.1) is 0 Å². The normalized spacial score (nSPS) is 22.8. The number of anilines is 1. The molecule has 0 radical (unpaired) electrons. The van der Waals surface area contributed by atoms with Crippen LogP contribution in [0.2, 0.25) is 0 Å². The van der Waals surface area contributed by atoms with Crippen LogP contribution in [0.5, 0.6) is 5.75 Å². The van der Waals surface area contributed by atoms with E-state index in [0.717, 1.165) is 19.3 Å². The highest BCUT2D eigenvalue weighted by Crippen LogP contribution is 2.29. The van der Waals surface area contributed by atoms with Gasteiger partial charge < -0.3 is 15.2 Å². The zero-order valence-corrected chi connectivity index (χ0v) is 11.5. The van der Waals surface area contributed by atoms with Gasteiger partial charge in [-0.25, -0.2) is 4.79 Å². The van der Waals surface area contributed by atoms with Gasteiger partial charge in [-0.1, -0.05) is 13.3 Å². The van der Waals surface area contributed by atoms with E-state index >= 15 is 0 Å². The zero-order chi connectivity index (χ0) is 13.8. The lowest BCUT2D eigenvalue weighted by Crippen LogP contribution is -2.28. The highest BCUT2D eigenvalue weighted by Gasteiger charge is 2.26. The van der Waals surface area contributed by atoms with Crippen LogP contribution in [0.1, 0.15) is 43.0 Å². The predicted octanol–water partition coefficient (Wildman–Crippen LogP) is 3.01. The number of methoxy groups -OCH3 is 1. The molecular weight excluding hydrogens is 242 g/mol. The predicted molar refractivity (Wildman–Crippen MR) is 74.2 cm³/mol. The molecule has 0 aliphatic heterocycles. The van der Waals surface area contributed by atoms with Crippen LogP contribution in [0.25, 0.3) is 0 Å². The van der Waals surface area contributed by atoms with Gasteiger partial charge >= 0.3 is 5.97 Å². The summed E-state index contributed by atoms with van der Waals surface area (Å²) in [5.74, 6) is 0.579. The molecule has 2 unspecified atom stereocenters. The first kappa shape index (κ1) is 13.7. The molecule has 0 saturated heterocycles. The first-order valence-electron chi connectivity index (χ1n) is 6.76. The Hall–Kier alpha value is -1.71. The van der Waals surface area contributed by atoms with Crippen molar-refractivity contribution in [3.8, 4) is 5.75 Å². The molecule has 2 N–H and O–H groups in total. The number of ether oxygens (including phenoxy) is 2. The van der Waals surface area contributed by atoms with Crippen molar-refractivity contribution in [3.05, 3.63) is 23.8 Å². The summed E-state index contributed by atoms with van der Waals surface area (Å²) in [6.07, 6.45) is 4.41. The van der Waals surface area contributed by atoms with Gasteiger partial charge in [0.2, 0.25) is 0 Å². The van der Waals surface area contributed by atoms with Crippen molar-refractivity contribution < 1.29 is 14.3 Å². The second-order valence-corrected chi connectivity index (χ2v) is 5.17. The number of rotatable bonds is 3. The van der Waals surface area contributed by atoms with E-state index in [1.54, 1.807) is 18.2 Å². The number of nitrogen functional groups attached to an aromatic ring is 1. The first-order valence-corrected chi connectivity index (χ1v) is 6.76. The van der Waals surface area contributed by atoms with Crippen molar-refractivity contribution in [3.63, 3.8) is 0 Å².